The van der Waals surface area contributed by atoms with Crippen LogP contribution in [-0.4, -0.2) is 26.2 Å². The summed E-state index contributed by atoms with van der Waals surface area (Å²) in [5.41, 5.74) is 2.62. The van der Waals surface area contributed by atoms with E-state index >= 15 is 0 Å². The molecule has 16 heavy (non-hydrogen) atoms. The highest BCUT2D eigenvalue weighted by molar-refractivity contribution is 5.47. The second-order valence-electron chi connectivity index (χ2n) is 4.38. The number of hydrogen-bond donors (Lipinski definition) is 1. The molecule has 0 spiro atoms. The van der Waals surface area contributed by atoms with Crippen molar-refractivity contribution in [3.63, 3.8) is 0 Å². The maximum Gasteiger partial charge on any atom is 0.0366 e. The van der Waals surface area contributed by atoms with Crippen LogP contribution < -0.4 is 10.2 Å². The van der Waals surface area contributed by atoms with Crippen LogP contribution in [0.5, 0.6) is 0 Å². The van der Waals surface area contributed by atoms with E-state index in [1.807, 2.05) is 0 Å². The van der Waals surface area contributed by atoms with E-state index < -0.39 is 0 Å². The van der Waals surface area contributed by atoms with Gasteiger partial charge in [-0.15, -0.1) is 0 Å². The van der Waals surface area contributed by atoms with Gasteiger partial charge in [0.2, 0.25) is 0 Å². The third-order valence-electron chi connectivity index (χ3n) is 2.92. The molecule has 0 bridgehead atoms. The van der Waals surface area contributed by atoms with Crippen LogP contribution in [0.3, 0.4) is 0 Å². The molecule has 0 aliphatic rings. The molecule has 0 aliphatic carbocycles. The largest absolute Gasteiger partial charge is 0.373 e. The highest BCUT2D eigenvalue weighted by Gasteiger charge is 2.08. The Morgan fingerprint density at radius 1 is 1.31 bits per heavy atom. The Bertz CT molecular complexity index is 309. The van der Waals surface area contributed by atoms with Crippen molar-refractivity contribution in [1.82, 2.24) is 5.32 Å². The molecule has 1 aromatic carbocycles. The lowest BCUT2D eigenvalue weighted by atomic mass is 10.1. The molecule has 0 saturated carbocycles. The fourth-order valence-electron chi connectivity index (χ4n) is 1.93. The minimum atomic E-state index is 0.579. The Morgan fingerprint density at radius 3 is 2.62 bits per heavy atom. The lowest BCUT2D eigenvalue weighted by Gasteiger charge is -2.25. The number of anilines is 1. The first kappa shape index (κ1) is 13.0. The molecule has 0 fully saturated rings. The van der Waals surface area contributed by atoms with E-state index in [-0.39, 0.29) is 0 Å². The molecule has 0 aliphatic heterocycles. The molecule has 1 rings (SSSR count). The lowest BCUT2D eigenvalue weighted by Crippen LogP contribution is -2.39. The molecule has 90 valence electrons. The Kier molecular flexibility index (Phi) is 5.33. The number of benzene rings is 1. The first-order valence-electron chi connectivity index (χ1n) is 6.18. The predicted molar refractivity (Wildman–Crippen MR) is 72.2 cm³/mol. The summed E-state index contributed by atoms with van der Waals surface area (Å²) < 4.78 is 0. The van der Waals surface area contributed by atoms with Crippen molar-refractivity contribution in [1.29, 1.82) is 0 Å². The topological polar surface area (TPSA) is 15.3 Å². The number of nitrogens with zero attached hydrogens (tertiary/aromatic N) is 1. The van der Waals surface area contributed by atoms with Gasteiger partial charge in [-0.1, -0.05) is 26.0 Å². The maximum atomic E-state index is 3.51. The van der Waals surface area contributed by atoms with Crippen LogP contribution in [0.25, 0.3) is 0 Å². The van der Waals surface area contributed by atoms with Crippen LogP contribution in [0.15, 0.2) is 24.3 Å². The van der Waals surface area contributed by atoms with Crippen LogP contribution >= 0.6 is 0 Å². The van der Waals surface area contributed by atoms with Crippen molar-refractivity contribution < 1.29 is 0 Å². The Morgan fingerprint density at radius 2 is 2.06 bits per heavy atom. The van der Waals surface area contributed by atoms with Crippen molar-refractivity contribution in [3.05, 3.63) is 29.8 Å². The van der Waals surface area contributed by atoms with Crippen LogP contribution in [0, 0.1) is 6.92 Å². The number of aryl methyl sites for hydroxylation is 1. The highest BCUT2D eigenvalue weighted by atomic mass is 15.1. The van der Waals surface area contributed by atoms with Crippen molar-refractivity contribution in [2.45, 2.75) is 33.2 Å². The van der Waals surface area contributed by atoms with Gasteiger partial charge in [-0.2, -0.15) is 0 Å². The third-order valence-corrected chi connectivity index (χ3v) is 2.92. The van der Waals surface area contributed by atoms with Gasteiger partial charge >= 0.3 is 0 Å². The molecule has 0 heterocycles. The number of nitrogens with one attached hydrogen (secondary N) is 1. The molecule has 0 amide bonds. The maximum absolute atomic E-state index is 3.51. The number of likely N-dealkylation sites (N-methyl/N-ethyl adjacent to an activating group) is 2. The Balaban J connectivity index is 2.60. The van der Waals surface area contributed by atoms with E-state index in [4.69, 9.17) is 0 Å². The van der Waals surface area contributed by atoms with Crippen molar-refractivity contribution in [2.75, 3.05) is 25.0 Å². The molecule has 1 unspecified atom stereocenters. The quantitative estimate of drug-likeness (QED) is 0.793. The van der Waals surface area contributed by atoms with E-state index in [1.54, 1.807) is 0 Å². The first-order valence-corrected chi connectivity index (χ1v) is 6.18. The van der Waals surface area contributed by atoms with Gasteiger partial charge in [-0.3, -0.25) is 0 Å². The minimum Gasteiger partial charge on any atom is -0.373 e. The molecule has 2 nitrogen and oxygen atoms in total. The van der Waals surface area contributed by atoms with Crippen LogP contribution in [-0.2, 0) is 0 Å². The summed E-state index contributed by atoms with van der Waals surface area (Å²) >= 11 is 0. The van der Waals surface area contributed by atoms with E-state index in [9.17, 15) is 0 Å². The van der Waals surface area contributed by atoms with Gasteiger partial charge in [-0.05, 0) is 37.6 Å². The standard InChI is InChI=1S/C14H24N2/c1-5-13(15-6-2)11-16(4)14-9-7-8-12(3)10-14/h7-10,13,15H,5-6,11H2,1-4H3. The van der Waals surface area contributed by atoms with Gasteiger partial charge in [0.1, 0.15) is 0 Å². The molecule has 1 N–H and O–H groups in total. The second-order valence-corrected chi connectivity index (χ2v) is 4.38. The van der Waals surface area contributed by atoms with E-state index in [0.717, 1.165) is 13.1 Å². The zero-order chi connectivity index (χ0) is 12.0. The summed E-state index contributed by atoms with van der Waals surface area (Å²) in [7, 11) is 2.16. The van der Waals surface area contributed by atoms with Gasteiger partial charge in [0.25, 0.3) is 0 Å². The van der Waals surface area contributed by atoms with Crippen LogP contribution in [0.1, 0.15) is 25.8 Å². The summed E-state index contributed by atoms with van der Waals surface area (Å²) in [6, 6.07) is 9.24. The van der Waals surface area contributed by atoms with E-state index in [0.29, 0.717) is 6.04 Å². The van der Waals surface area contributed by atoms with Gasteiger partial charge in [-0.25, -0.2) is 0 Å². The Labute approximate surface area is 99.7 Å². The zero-order valence-corrected chi connectivity index (χ0v) is 11.0. The normalized spacial score (nSPS) is 12.5. The SMILES string of the molecule is CCNC(CC)CN(C)c1cccc(C)c1. The monoisotopic (exact) mass is 220 g/mol. The average Bonchev–Trinajstić information content (AvgIpc) is 2.28. The summed E-state index contributed by atoms with van der Waals surface area (Å²) in [4.78, 5) is 2.32. The number of rotatable bonds is 6. The fourth-order valence-corrected chi connectivity index (χ4v) is 1.93. The zero-order valence-electron chi connectivity index (χ0n) is 11.0. The lowest BCUT2D eigenvalue weighted by molar-refractivity contribution is 0.512. The highest BCUT2D eigenvalue weighted by Crippen LogP contribution is 2.14. The van der Waals surface area contributed by atoms with Gasteiger partial charge in [0.15, 0.2) is 0 Å². The van der Waals surface area contributed by atoms with Gasteiger partial charge in [0, 0.05) is 25.3 Å². The van der Waals surface area contributed by atoms with Crippen molar-refractivity contribution in [3.8, 4) is 0 Å². The predicted octanol–water partition coefficient (Wildman–Crippen LogP) is 2.82. The fraction of sp³-hybridized carbons (Fsp3) is 0.571. The first-order chi connectivity index (χ1) is 7.67. The van der Waals surface area contributed by atoms with Gasteiger partial charge in [0.05, 0.1) is 0 Å². The molecule has 0 saturated heterocycles. The summed E-state index contributed by atoms with van der Waals surface area (Å²) in [5.74, 6) is 0. The molecule has 1 aromatic rings. The molecule has 2 heteroatoms. The summed E-state index contributed by atoms with van der Waals surface area (Å²) in [6.45, 7) is 8.64. The summed E-state index contributed by atoms with van der Waals surface area (Å²) in [5, 5.41) is 3.51. The third kappa shape index (κ3) is 3.86. The molecule has 0 aromatic heterocycles. The summed E-state index contributed by atoms with van der Waals surface area (Å²) in [6.07, 6.45) is 1.17. The van der Waals surface area contributed by atoms with Crippen LogP contribution in [0.4, 0.5) is 5.69 Å². The van der Waals surface area contributed by atoms with E-state index in [2.05, 4.69) is 62.3 Å². The van der Waals surface area contributed by atoms with E-state index in [1.165, 1.54) is 17.7 Å². The number of hydrogen-bond acceptors (Lipinski definition) is 2. The molecule has 0 radical (unpaired) electrons. The molecular formula is C14H24N2. The molecule has 1 atom stereocenters. The minimum absolute atomic E-state index is 0.579. The average molecular weight is 220 g/mol. The Hall–Kier alpha value is -1.02. The smallest absolute Gasteiger partial charge is 0.0366 e. The second kappa shape index (κ2) is 6.54. The van der Waals surface area contributed by atoms with Gasteiger partial charge < -0.3 is 10.2 Å². The van der Waals surface area contributed by atoms with Crippen molar-refractivity contribution in [2.24, 2.45) is 0 Å². The van der Waals surface area contributed by atoms with Crippen LogP contribution in [0.2, 0.25) is 0 Å². The van der Waals surface area contributed by atoms with Crippen molar-refractivity contribution >= 4 is 5.69 Å². The molecular weight excluding hydrogens is 196 g/mol.